The van der Waals surface area contributed by atoms with Crippen LogP contribution in [0.4, 0.5) is 4.39 Å². The molecule has 0 amide bonds. The first-order valence-corrected chi connectivity index (χ1v) is 9.82. The van der Waals surface area contributed by atoms with Crippen molar-refractivity contribution in [1.29, 1.82) is 0 Å². The zero-order valence-corrected chi connectivity index (χ0v) is 16.1. The van der Waals surface area contributed by atoms with Crippen LogP contribution in [0.3, 0.4) is 0 Å². The second kappa shape index (κ2) is 7.32. The maximum Gasteiger partial charge on any atom is 0.123 e. The third-order valence-corrected chi connectivity index (χ3v) is 6.02. The molecular weight excluding hydrogens is 307 g/mol. The Morgan fingerprint density at radius 3 is 2.60 bits per heavy atom. The van der Waals surface area contributed by atoms with E-state index in [1.165, 1.54) is 35.1 Å². The SMILES string of the molecule is CCCCC1(C)c2cc(F)ccc2Cc2ccccc2[C@H]1CC(C)C. The first kappa shape index (κ1) is 18.2. The molecule has 0 spiro atoms. The molecular formula is C24H31F. The zero-order chi connectivity index (χ0) is 18.0. The van der Waals surface area contributed by atoms with Crippen LogP contribution >= 0.6 is 0 Å². The summed E-state index contributed by atoms with van der Waals surface area (Å²) < 4.78 is 14.2. The van der Waals surface area contributed by atoms with Crippen LogP contribution in [0, 0.1) is 11.7 Å². The molecule has 0 bridgehead atoms. The van der Waals surface area contributed by atoms with Crippen molar-refractivity contribution in [1.82, 2.24) is 0 Å². The molecule has 0 saturated carbocycles. The van der Waals surface area contributed by atoms with Gasteiger partial charge >= 0.3 is 0 Å². The highest BCUT2D eigenvalue weighted by atomic mass is 19.1. The maximum atomic E-state index is 14.2. The molecule has 0 heterocycles. The van der Waals surface area contributed by atoms with Crippen molar-refractivity contribution in [3.63, 3.8) is 0 Å². The lowest BCUT2D eigenvalue weighted by Gasteiger charge is -2.40. The lowest BCUT2D eigenvalue weighted by Crippen LogP contribution is -2.32. The molecule has 25 heavy (non-hydrogen) atoms. The third kappa shape index (κ3) is 3.52. The summed E-state index contributed by atoms with van der Waals surface area (Å²) in [5.41, 5.74) is 5.43. The molecule has 0 nitrogen and oxygen atoms in total. The van der Waals surface area contributed by atoms with Crippen LogP contribution in [0.5, 0.6) is 0 Å². The van der Waals surface area contributed by atoms with Gasteiger partial charge in [-0.3, -0.25) is 0 Å². The monoisotopic (exact) mass is 338 g/mol. The van der Waals surface area contributed by atoms with Crippen LogP contribution in [0.1, 0.15) is 81.5 Å². The van der Waals surface area contributed by atoms with Gasteiger partial charge in [-0.25, -0.2) is 4.39 Å². The topological polar surface area (TPSA) is 0 Å². The summed E-state index contributed by atoms with van der Waals surface area (Å²) in [6.45, 7) is 9.24. The first-order chi connectivity index (χ1) is 12.0. The molecule has 0 radical (unpaired) electrons. The Kier molecular flexibility index (Phi) is 5.32. The standard InChI is InChI=1S/C24H31F/c1-5-6-13-24(4)22-16-20(25)12-11-19(22)15-18-9-7-8-10-21(18)23(24)14-17(2)3/h7-12,16-17,23H,5-6,13-15H2,1-4H3/t23-,24?/m1/s1. The number of fused-ring (bicyclic) bond motifs is 2. The van der Waals surface area contributed by atoms with Gasteiger partial charge in [-0.1, -0.05) is 70.9 Å². The van der Waals surface area contributed by atoms with E-state index in [4.69, 9.17) is 0 Å². The van der Waals surface area contributed by atoms with Gasteiger partial charge in [0, 0.05) is 0 Å². The Morgan fingerprint density at radius 2 is 1.88 bits per heavy atom. The first-order valence-electron chi connectivity index (χ1n) is 9.82. The van der Waals surface area contributed by atoms with Crippen molar-refractivity contribution >= 4 is 0 Å². The van der Waals surface area contributed by atoms with Gasteiger partial charge in [0.2, 0.25) is 0 Å². The summed E-state index contributed by atoms with van der Waals surface area (Å²) in [6.07, 6.45) is 5.54. The van der Waals surface area contributed by atoms with Crippen LogP contribution in [0.2, 0.25) is 0 Å². The minimum absolute atomic E-state index is 0.00961. The second-order valence-electron chi connectivity index (χ2n) is 8.38. The van der Waals surface area contributed by atoms with E-state index in [9.17, 15) is 4.39 Å². The van der Waals surface area contributed by atoms with Crippen molar-refractivity contribution in [2.45, 2.75) is 71.1 Å². The molecule has 2 aromatic rings. The number of unbranched alkanes of at least 4 members (excludes halogenated alkanes) is 1. The summed E-state index contributed by atoms with van der Waals surface area (Å²) in [5, 5.41) is 0. The number of rotatable bonds is 5. The molecule has 1 unspecified atom stereocenters. The van der Waals surface area contributed by atoms with Crippen LogP contribution in [0.15, 0.2) is 42.5 Å². The van der Waals surface area contributed by atoms with Gasteiger partial charge in [-0.15, -0.1) is 0 Å². The van der Waals surface area contributed by atoms with Gasteiger partial charge in [0.25, 0.3) is 0 Å². The quantitative estimate of drug-likeness (QED) is 0.550. The van der Waals surface area contributed by atoms with Gasteiger partial charge in [-0.2, -0.15) is 0 Å². The van der Waals surface area contributed by atoms with E-state index in [0.717, 1.165) is 19.3 Å². The normalized spacial score (nSPS) is 22.4. The predicted molar refractivity (Wildman–Crippen MR) is 105 cm³/mol. The lowest BCUT2D eigenvalue weighted by atomic mass is 9.64. The van der Waals surface area contributed by atoms with Crippen LogP contribution < -0.4 is 0 Å². The molecule has 2 aromatic carbocycles. The minimum atomic E-state index is -0.101. The fraction of sp³-hybridized carbons (Fsp3) is 0.500. The van der Waals surface area contributed by atoms with Gasteiger partial charge in [0.05, 0.1) is 0 Å². The number of halogens is 1. The van der Waals surface area contributed by atoms with Gasteiger partial charge in [-0.05, 0) is 70.9 Å². The van der Waals surface area contributed by atoms with Crippen molar-refractivity contribution in [2.75, 3.05) is 0 Å². The van der Waals surface area contributed by atoms with E-state index < -0.39 is 0 Å². The molecule has 1 aliphatic carbocycles. The molecule has 0 fully saturated rings. The van der Waals surface area contributed by atoms with Crippen molar-refractivity contribution in [3.8, 4) is 0 Å². The van der Waals surface area contributed by atoms with E-state index in [-0.39, 0.29) is 11.2 Å². The maximum absolute atomic E-state index is 14.2. The van der Waals surface area contributed by atoms with E-state index in [2.05, 4.69) is 52.0 Å². The largest absolute Gasteiger partial charge is 0.207 e. The summed E-state index contributed by atoms with van der Waals surface area (Å²) >= 11 is 0. The van der Waals surface area contributed by atoms with Gasteiger partial charge in [0.1, 0.15) is 5.82 Å². The third-order valence-electron chi connectivity index (χ3n) is 6.02. The molecule has 0 aliphatic heterocycles. The van der Waals surface area contributed by atoms with Crippen LogP contribution in [-0.2, 0) is 11.8 Å². The van der Waals surface area contributed by atoms with E-state index in [1.807, 2.05) is 12.1 Å². The highest BCUT2D eigenvalue weighted by Gasteiger charge is 2.41. The molecule has 0 saturated heterocycles. The fourth-order valence-corrected chi connectivity index (χ4v) is 4.72. The van der Waals surface area contributed by atoms with Gasteiger partial charge in [0.15, 0.2) is 0 Å². The summed E-state index contributed by atoms with van der Waals surface area (Å²) in [6, 6.07) is 14.4. The molecule has 1 aliphatic rings. The minimum Gasteiger partial charge on any atom is -0.207 e. The molecule has 3 rings (SSSR count). The lowest BCUT2D eigenvalue weighted by molar-refractivity contribution is 0.298. The van der Waals surface area contributed by atoms with E-state index in [1.54, 1.807) is 6.07 Å². The zero-order valence-electron chi connectivity index (χ0n) is 16.1. The highest BCUT2D eigenvalue weighted by Crippen LogP contribution is 2.50. The van der Waals surface area contributed by atoms with Crippen LogP contribution in [0.25, 0.3) is 0 Å². The molecule has 0 N–H and O–H groups in total. The fourth-order valence-electron chi connectivity index (χ4n) is 4.72. The Hall–Kier alpha value is -1.63. The average molecular weight is 339 g/mol. The molecule has 134 valence electrons. The van der Waals surface area contributed by atoms with Crippen molar-refractivity contribution in [3.05, 3.63) is 70.5 Å². The number of benzene rings is 2. The molecule has 2 atom stereocenters. The summed E-state index contributed by atoms with van der Waals surface area (Å²) in [5.74, 6) is 0.961. The van der Waals surface area contributed by atoms with Crippen LogP contribution in [-0.4, -0.2) is 0 Å². The Bertz CT molecular complexity index is 731. The van der Waals surface area contributed by atoms with Crippen molar-refractivity contribution in [2.24, 2.45) is 5.92 Å². The Balaban J connectivity index is 2.23. The molecule has 1 heteroatoms. The number of hydrogen-bond donors (Lipinski definition) is 0. The Morgan fingerprint density at radius 1 is 1.12 bits per heavy atom. The Labute approximate surface area is 152 Å². The van der Waals surface area contributed by atoms with E-state index in [0.29, 0.717) is 11.8 Å². The smallest absolute Gasteiger partial charge is 0.123 e. The molecule has 0 aromatic heterocycles. The van der Waals surface area contributed by atoms with Gasteiger partial charge < -0.3 is 0 Å². The van der Waals surface area contributed by atoms with Crippen molar-refractivity contribution < 1.29 is 4.39 Å². The highest BCUT2D eigenvalue weighted by molar-refractivity contribution is 5.48. The number of hydrogen-bond acceptors (Lipinski definition) is 0. The predicted octanol–water partition coefficient (Wildman–Crippen LogP) is 7.01. The summed E-state index contributed by atoms with van der Waals surface area (Å²) in [7, 11) is 0. The van der Waals surface area contributed by atoms with E-state index >= 15 is 0 Å². The second-order valence-corrected chi connectivity index (χ2v) is 8.38. The average Bonchev–Trinajstić information content (AvgIpc) is 2.68. The summed E-state index contributed by atoms with van der Waals surface area (Å²) in [4.78, 5) is 0.